The summed E-state index contributed by atoms with van der Waals surface area (Å²) in [4.78, 5) is 16.9. The second-order valence-corrected chi connectivity index (χ2v) is 5.87. The van der Waals surface area contributed by atoms with E-state index in [-0.39, 0.29) is 11.0 Å². The summed E-state index contributed by atoms with van der Waals surface area (Å²) in [7, 11) is 0. The molecule has 8 heteroatoms. The Morgan fingerprint density at radius 3 is 2.64 bits per heavy atom. The van der Waals surface area contributed by atoms with Crippen LogP contribution < -0.4 is 10.2 Å². The minimum Gasteiger partial charge on any atom is -0.350 e. The summed E-state index contributed by atoms with van der Waals surface area (Å²) in [5.41, 5.74) is 0.784. The Hall–Kier alpha value is -2.09. The fraction of sp³-hybridized carbons (Fsp3) is 0.286. The summed E-state index contributed by atoms with van der Waals surface area (Å²) < 4.78 is 37.6. The van der Waals surface area contributed by atoms with Crippen LogP contribution >= 0.6 is 11.3 Å². The van der Waals surface area contributed by atoms with Crippen molar-refractivity contribution in [1.82, 2.24) is 4.98 Å². The standard InChI is InChI=1S/C14H12F3N3OS/c15-14(16,17)11-8-18-13(22-11)19-10-6-7-20(12(10)21)9-4-2-1-3-5-9/h1-5,8,10H,6-7H2,(H,18,19). The van der Waals surface area contributed by atoms with Gasteiger partial charge in [-0.1, -0.05) is 29.5 Å². The maximum Gasteiger partial charge on any atom is 0.427 e. The molecule has 0 spiro atoms. The number of anilines is 2. The monoisotopic (exact) mass is 327 g/mol. The molecule has 1 aromatic carbocycles. The lowest BCUT2D eigenvalue weighted by molar-refractivity contribution is -0.134. The van der Waals surface area contributed by atoms with E-state index in [1.807, 2.05) is 30.3 Å². The number of nitrogens with zero attached hydrogens (tertiary/aromatic N) is 2. The lowest BCUT2D eigenvalue weighted by atomic mass is 10.2. The van der Waals surface area contributed by atoms with Crippen molar-refractivity contribution in [1.29, 1.82) is 0 Å². The van der Waals surface area contributed by atoms with Gasteiger partial charge in [-0.2, -0.15) is 13.2 Å². The predicted molar refractivity (Wildman–Crippen MR) is 77.9 cm³/mol. The number of thiazole rings is 1. The van der Waals surface area contributed by atoms with E-state index < -0.39 is 17.1 Å². The molecule has 0 aliphatic carbocycles. The van der Waals surface area contributed by atoms with E-state index >= 15 is 0 Å². The number of aromatic nitrogens is 1. The second kappa shape index (κ2) is 5.60. The molecule has 1 saturated heterocycles. The summed E-state index contributed by atoms with van der Waals surface area (Å²) in [6.07, 6.45) is -3.11. The lowest BCUT2D eigenvalue weighted by Crippen LogP contribution is -2.33. The number of amides is 1. The molecule has 1 aliphatic heterocycles. The largest absolute Gasteiger partial charge is 0.427 e. The van der Waals surface area contributed by atoms with E-state index in [1.54, 1.807) is 4.90 Å². The van der Waals surface area contributed by atoms with Gasteiger partial charge in [0, 0.05) is 12.2 Å². The Bertz CT molecular complexity index is 671. The first-order valence-electron chi connectivity index (χ1n) is 6.61. The van der Waals surface area contributed by atoms with Gasteiger partial charge in [0.2, 0.25) is 5.91 Å². The number of rotatable bonds is 3. The van der Waals surface area contributed by atoms with Crippen LogP contribution in [0, 0.1) is 0 Å². The molecule has 0 radical (unpaired) electrons. The molecule has 22 heavy (non-hydrogen) atoms. The number of benzene rings is 1. The van der Waals surface area contributed by atoms with E-state index in [0.29, 0.717) is 24.3 Å². The zero-order valence-corrected chi connectivity index (χ0v) is 12.1. The van der Waals surface area contributed by atoms with Gasteiger partial charge in [0.1, 0.15) is 10.9 Å². The quantitative estimate of drug-likeness (QED) is 0.940. The molecule has 1 unspecified atom stereocenters. The van der Waals surface area contributed by atoms with Gasteiger partial charge >= 0.3 is 6.18 Å². The summed E-state index contributed by atoms with van der Waals surface area (Å²) in [5, 5.41) is 2.91. The molecule has 0 saturated carbocycles. The van der Waals surface area contributed by atoms with Gasteiger partial charge in [-0.3, -0.25) is 4.79 Å². The first kappa shape index (κ1) is 14.8. The highest BCUT2D eigenvalue weighted by Gasteiger charge is 2.35. The maximum atomic E-state index is 12.5. The molecule has 2 aromatic rings. The number of para-hydroxylation sites is 1. The average molecular weight is 327 g/mol. The van der Waals surface area contributed by atoms with Crippen LogP contribution in [0.4, 0.5) is 24.0 Å². The van der Waals surface area contributed by atoms with Gasteiger partial charge in [-0.05, 0) is 18.6 Å². The number of nitrogens with one attached hydrogen (secondary N) is 1. The van der Waals surface area contributed by atoms with Gasteiger partial charge in [0.25, 0.3) is 0 Å². The minimum atomic E-state index is -4.41. The topological polar surface area (TPSA) is 45.2 Å². The number of hydrogen-bond donors (Lipinski definition) is 1. The van der Waals surface area contributed by atoms with Crippen LogP contribution in [0.3, 0.4) is 0 Å². The van der Waals surface area contributed by atoms with Crippen LogP contribution in [0.5, 0.6) is 0 Å². The Labute approximate surface area is 128 Å². The average Bonchev–Trinajstić information content (AvgIpc) is 3.08. The van der Waals surface area contributed by atoms with Crippen molar-refractivity contribution >= 4 is 28.1 Å². The van der Waals surface area contributed by atoms with Crippen molar-refractivity contribution in [2.45, 2.75) is 18.6 Å². The Kier molecular flexibility index (Phi) is 3.78. The molecule has 1 fully saturated rings. The van der Waals surface area contributed by atoms with E-state index in [0.717, 1.165) is 11.9 Å². The van der Waals surface area contributed by atoms with Crippen LogP contribution in [0.2, 0.25) is 0 Å². The maximum absolute atomic E-state index is 12.5. The lowest BCUT2D eigenvalue weighted by Gasteiger charge is -2.16. The zero-order chi connectivity index (χ0) is 15.7. The SMILES string of the molecule is O=C1C(Nc2ncc(C(F)(F)F)s2)CCN1c1ccccc1. The molecule has 116 valence electrons. The molecule has 1 aliphatic rings. The van der Waals surface area contributed by atoms with Crippen molar-refractivity contribution in [2.24, 2.45) is 0 Å². The first-order valence-corrected chi connectivity index (χ1v) is 7.43. The van der Waals surface area contributed by atoms with Crippen molar-refractivity contribution in [3.8, 4) is 0 Å². The van der Waals surface area contributed by atoms with Crippen LogP contribution in [0.1, 0.15) is 11.3 Å². The van der Waals surface area contributed by atoms with Gasteiger partial charge in [0.15, 0.2) is 5.13 Å². The van der Waals surface area contributed by atoms with Gasteiger partial charge in [-0.15, -0.1) is 0 Å². The van der Waals surface area contributed by atoms with Crippen molar-refractivity contribution in [3.63, 3.8) is 0 Å². The Morgan fingerprint density at radius 2 is 2.00 bits per heavy atom. The third-order valence-electron chi connectivity index (χ3n) is 3.36. The van der Waals surface area contributed by atoms with E-state index in [1.165, 1.54) is 0 Å². The summed E-state index contributed by atoms with van der Waals surface area (Å²) in [5.74, 6) is -0.157. The molecule has 1 N–H and O–H groups in total. The summed E-state index contributed by atoms with van der Waals surface area (Å²) in [6, 6.07) is 8.62. The first-order chi connectivity index (χ1) is 10.4. The molecule has 1 amide bonds. The highest BCUT2D eigenvalue weighted by molar-refractivity contribution is 7.15. The van der Waals surface area contributed by atoms with Crippen LogP contribution in [-0.2, 0) is 11.0 Å². The molecule has 1 aromatic heterocycles. The number of hydrogen-bond acceptors (Lipinski definition) is 4. The second-order valence-electron chi connectivity index (χ2n) is 4.84. The van der Waals surface area contributed by atoms with Gasteiger partial charge in [0.05, 0.1) is 6.20 Å². The highest BCUT2D eigenvalue weighted by Crippen LogP contribution is 2.35. The van der Waals surface area contributed by atoms with Crippen LogP contribution in [-0.4, -0.2) is 23.5 Å². The Balaban J connectivity index is 1.70. The van der Waals surface area contributed by atoms with Crippen LogP contribution in [0.15, 0.2) is 36.5 Å². The summed E-state index contributed by atoms with van der Waals surface area (Å²) in [6.45, 7) is 0.526. The fourth-order valence-electron chi connectivity index (χ4n) is 2.30. The number of carbonyl (C=O) groups is 1. The fourth-order valence-corrected chi connectivity index (χ4v) is 3.04. The molecular weight excluding hydrogens is 315 g/mol. The zero-order valence-electron chi connectivity index (χ0n) is 11.3. The molecule has 1 atom stereocenters. The normalized spacial score (nSPS) is 18.8. The smallest absolute Gasteiger partial charge is 0.350 e. The number of carbonyl (C=O) groups excluding carboxylic acids is 1. The summed E-state index contributed by atoms with van der Waals surface area (Å²) >= 11 is 0.508. The van der Waals surface area contributed by atoms with E-state index in [4.69, 9.17) is 0 Å². The van der Waals surface area contributed by atoms with Crippen molar-refractivity contribution in [3.05, 3.63) is 41.4 Å². The molecular formula is C14H12F3N3OS. The van der Waals surface area contributed by atoms with E-state index in [9.17, 15) is 18.0 Å². The minimum absolute atomic E-state index is 0.112. The molecule has 0 bridgehead atoms. The molecule has 4 nitrogen and oxygen atoms in total. The third-order valence-corrected chi connectivity index (χ3v) is 4.33. The Morgan fingerprint density at radius 1 is 1.27 bits per heavy atom. The number of halogens is 3. The van der Waals surface area contributed by atoms with E-state index in [2.05, 4.69) is 10.3 Å². The van der Waals surface area contributed by atoms with Gasteiger partial charge < -0.3 is 10.2 Å². The molecule has 2 heterocycles. The highest BCUT2D eigenvalue weighted by atomic mass is 32.1. The third kappa shape index (κ3) is 2.92. The van der Waals surface area contributed by atoms with Crippen LogP contribution in [0.25, 0.3) is 0 Å². The van der Waals surface area contributed by atoms with Crippen molar-refractivity contribution < 1.29 is 18.0 Å². The molecule has 3 rings (SSSR count). The predicted octanol–water partition coefficient (Wildman–Crippen LogP) is 3.38. The number of alkyl halides is 3. The van der Waals surface area contributed by atoms with Gasteiger partial charge in [-0.25, -0.2) is 4.98 Å². The van der Waals surface area contributed by atoms with Crippen molar-refractivity contribution in [2.75, 3.05) is 16.8 Å².